The van der Waals surface area contributed by atoms with Crippen LogP contribution < -0.4 is 5.32 Å². The fourth-order valence-corrected chi connectivity index (χ4v) is 3.74. The predicted octanol–water partition coefficient (Wildman–Crippen LogP) is 1.85. The van der Waals surface area contributed by atoms with Crippen molar-refractivity contribution in [2.75, 3.05) is 64.3 Å². The Bertz CT molecular complexity index is 837. The Labute approximate surface area is 164 Å². The van der Waals surface area contributed by atoms with E-state index >= 15 is 0 Å². The highest BCUT2D eigenvalue weighted by Gasteiger charge is 2.25. The summed E-state index contributed by atoms with van der Waals surface area (Å²) in [6, 6.07) is 13.8. The summed E-state index contributed by atoms with van der Waals surface area (Å²) >= 11 is 0. The van der Waals surface area contributed by atoms with Crippen LogP contribution in [-0.2, 0) is 9.53 Å². The molecule has 0 aromatic heterocycles. The standard InChI is InChI=1S/C21H26N4O3/c26-20(16-23-12-14-28-15-13-23)24-8-10-25(11-9-24)21(27)22-19-7-3-5-17-4-1-2-6-18(17)19/h1-7H,8-16H2,(H,22,27). The molecule has 4 rings (SSSR count). The Kier molecular flexibility index (Phi) is 5.73. The van der Waals surface area contributed by atoms with Crippen molar-refractivity contribution in [2.45, 2.75) is 0 Å². The molecule has 2 aliphatic heterocycles. The lowest BCUT2D eigenvalue weighted by molar-refractivity contribution is -0.134. The van der Waals surface area contributed by atoms with Crippen LogP contribution in [0.1, 0.15) is 0 Å². The molecule has 0 atom stereocenters. The van der Waals surface area contributed by atoms with Crippen molar-refractivity contribution in [1.82, 2.24) is 14.7 Å². The van der Waals surface area contributed by atoms with Crippen LogP contribution in [0.5, 0.6) is 0 Å². The maximum atomic E-state index is 12.7. The third-order valence-corrected chi connectivity index (χ3v) is 5.41. The van der Waals surface area contributed by atoms with Gasteiger partial charge in [-0.25, -0.2) is 4.79 Å². The predicted molar refractivity (Wildman–Crippen MR) is 108 cm³/mol. The Hall–Kier alpha value is -2.64. The van der Waals surface area contributed by atoms with Crippen molar-refractivity contribution >= 4 is 28.4 Å². The average Bonchev–Trinajstić information content (AvgIpc) is 2.75. The topological polar surface area (TPSA) is 65.1 Å². The van der Waals surface area contributed by atoms with Gasteiger partial charge in [0.25, 0.3) is 0 Å². The summed E-state index contributed by atoms with van der Waals surface area (Å²) in [6.07, 6.45) is 0. The van der Waals surface area contributed by atoms with E-state index in [2.05, 4.69) is 10.2 Å². The number of nitrogens with one attached hydrogen (secondary N) is 1. The molecule has 2 fully saturated rings. The molecular formula is C21H26N4O3. The highest BCUT2D eigenvalue weighted by Crippen LogP contribution is 2.23. The van der Waals surface area contributed by atoms with Crippen LogP contribution in [0.15, 0.2) is 42.5 Å². The van der Waals surface area contributed by atoms with Gasteiger partial charge in [-0.05, 0) is 11.5 Å². The lowest BCUT2D eigenvalue weighted by Gasteiger charge is -2.36. The van der Waals surface area contributed by atoms with E-state index in [-0.39, 0.29) is 11.9 Å². The quantitative estimate of drug-likeness (QED) is 0.880. The fraction of sp³-hybridized carbons (Fsp3) is 0.429. The summed E-state index contributed by atoms with van der Waals surface area (Å²) in [4.78, 5) is 31.0. The van der Waals surface area contributed by atoms with E-state index in [1.165, 1.54) is 0 Å². The van der Waals surface area contributed by atoms with Gasteiger partial charge in [-0.15, -0.1) is 0 Å². The monoisotopic (exact) mass is 382 g/mol. The van der Waals surface area contributed by atoms with E-state index in [0.717, 1.165) is 29.5 Å². The first kappa shape index (κ1) is 18.7. The molecule has 3 amide bonds. The summed E-state index contributed by atoms with van der Waals surface area (Å²) in [7, 11) is 0. The Morgan fingerprint density at radius 3 is 2.32 bits per heavy atom. The van der Waals surface area contributed by atoms with Crippen LogP contribution in [0.25, 0.3) is 10.8 Å². The average molecular weight is 382 g/mol. The zero-order chi connectivity index (χ0) is 19.3. The van der Waals surface area contributed by atoms with Gasteiger partial charge < -0.3 is 19.9 Å². The van der Waals surface area contributed by atoms with E-state index < -0.39 is 0 Å². The molecule has 2 aromatic carbocycles. The Morgan fingerprint density at radius 1 is 0.857 bits per heavy atom. The minimum absolute atomic E-state index is 0.114. The van der Waals surface area contributed by atoms with Gasteiger partial charge in [-0.3, -0.25) is 9.69 Å². The number of amides is 3. The molecular weight excluding hydrogens is 356 g/mol. The highest BCUT2D eigenvalue weighted by molar-refractivity contribution is 6.01. The third-order valence-electron chi connectivity index (χ3n) is 5.41. The molecule has 0 unspecified atom stereocenters. The largest absolute Gasteiger partial charge is 0.379 e. The van der Waals surface area contributed by atoms with Crippen LogP contribution in [-0.4, -0.2) is 85.7 Å². The maximum Gasteiger partial charge on any atom is 0.321 e. The third kappa shape index (κ3) is 4.26. The normalized spacial score (nSPS) is 18.3. The lowest BCUT2D eigenvalue weighted by atomic mass is 10.1. The Morgan fingerprint density at radius 2 is 1.54 bits per heavy atom. The van der Waals surface area contributed by atoms with E-state index in [1.54, 1.807) is 4.90 Å². The number of ether oxygens (including phenoxy) is 1. The van der Waals surface area contributed by atoms with E-state index in [0.29, 0.717) is 45.9 Å². The minimum atomic E-state index is -0.114. The van der Waals surface area contributed by atoms with Crippen molar-refractivity contribution < 1.29 is 14.3 Å². The maximum absolute atomic E-state index is 12.7. The molecule has 1 N–H and O–H groups in total. The number of hydrogen-bond donors (Lipinski definition) is 1. The second-order valence-electron chi connectivity index (χ2n) is 7.21. The number of rotatable bonds is 3. The molecule has 0 saturated carbocycles. The van der Waals surface area contributed by atoms with Crippen molar-refractivity contribution in [2.24, 2.45) is 0 Å². The van der Waals surface area contributed by atoms with Crippen LogP contribution >= 0.6 is 0 Å². The molecule has 0 spiro atoms. The van der Waals surface area contributed by atoms with E-state index in [9.17, 15) is 9.59 Å². The van der Waals surface area contributed by atoms with Gasteiger partial charge >= 0.3 is 6.03 Å². The number of carbonyl (C=O) groups is 2. The Balaban J connectivity index is 1.30. The molecule has 148 valence electrons. The summed E-state index contributed by atoms with van der Waals surface area (Å²) in [6.45, 7) is 5.67. The number of carbonyl (C=O) groups excluding carboxylic acids is 2. The van der Waals surface area contributed by atoms with Gasteiger partial charge in [-0.1, -0.05) is 36.4 Å². The van der Waals surface area contributed by atoms with E-state index in [4.69, 9.17) is 4.74 Å². The molecule has 2 aliphatic rings. The first-order chi connectivity index (χ1) is 13.7. The first-order valence-corrected chi connectivity index (χ1v) is 9.82. The van der Waals surface area contributed by atoms with Crippen LogP contribution in [0, 0.1) is 0 Å². The van der Waals surface area contributed by atoms with Crippen LogP contribution in [0.2, 0.25) is 0 Å². The summed E-state index contributed by atoms with van der Waals surface area (Å²) < 4.78 is 5.33. The van der Waals surface area contributed by atoms with Crippen molar-refractivity contribution in [3.63, 3.8) is 0 Å². The van der Waals surface area contributed by atoms with Crippen molar-refractivity contribution in [1.29, 1.82) is 0 Å². The van der Waals surface area contributed by atoms with Gasteiger partial charge in [0.2, 0.25) is 5.91 Å². The summed E-state index contributed by atoms with van der Waals surface area (Å²) in [5, 5.41) is 5.15. The molecule has 2 aromatic rings. The zero-order valence-corrected chi connectivity index (χ0v) is 16.0. The van der Waals surface area contributed by atoms with E-state index in [1.807, 2.05) is 47.4 Å². The van der Waals surface area contributed by atoms with Crippen LogP contribution in [0.3, 0.4) is 0 Å². The fourth-order valence-electron chi connectivity index (χ4n) is 3.74. The molecule has 0 bridgehead atoms. The number of piperazine rings is 1. The number of nitrogens with zero attached hydrogens (tertiary/aromatic N) is 3. The van der Waals surface area contributed by atoms with Crippen molar-refractivity contribution in [3.05, 3.63) is 42.5 Å². The molecule has 28 heavy (non-hydrogen) atoms. The molecule has 7 nitrogen and oxygen atoms in total. The summed E-state index contributed by atoms with van der Waals surface area (Å²) in [5.74, 6) is 0.135. The minimum Gasteiger partial charge on any atom is -0.379 e. The number of benzene rings is 2. The van der Waals surface area contributed by atoms with Gasteiger partial charge in [0.1, 0.15) is 0 Å². The molecule has 0 radical (unpaired) electrons. The van der Waals surface area contributed by atoms with Gasteiger partial charge in [0.05, 0.1) is 25.4 Å². The highest BCUT2D eigenvalue weighted by atomic mass is 16.5. The SMILES string of the molecule is O=C(CN1CCOCC1)N1CCN(C(=O)Nc2cccc3ccccc23)CC1. The molecule has 7 heteroatoms. The number of hydrogen-bond acceptors (Lipinski definition) is 4. The summed E-state index contributed by atoms with van der Waals surface area (Å²) in [5.41, 5.74) is 0.814. The molecule has 0 aliphatic carbocycles. The van der Waals surface area contributed by atoms with Gasteiger partial charge in [0, 0.05) is 44.7 Å². The second kappa shape index (κ2) is 8.58. The second-order valence-corrected chi connectivity index (χ2v) is 7.21. The van der Waals surface area contributed by atoms with Gasteiger partial charge in [0.15, 0.2) is 0 Å². The van der Waals surface area contributed by atoms with Crippen LogP contribution in [0.4, 0.5) is 10.5 Å². The molecule has 2 heterocycles. The van der Waals surface area contributed by atoms with Gasteiger partial charge in [-0.2, -0.15) is 0 Å². The lowest BCUT2D eigenvalue weighted by Crippen LogP contribution is -2.54. The number of anilines is 1. The number of urea groups is 1. The smallest absolute Gasteiger partial charge is 0.321 e. The number of fused-ring (bicyclic) bond motifs is 1. The van der Waals surface area contributed by atoms with Crippen molar-refractivity contribution in [3.8, 4) is 0 Å². The first-order valence-electron chi connectivity index (χ1n) is 9.82. The number of morpholine rings is 1. The zero-order valence-electron chi connectivity index (χ0n) is 16.0. The molecule has 2 saturated heterocycles.